The number of carbonyl (C=O) groups excluding carboxylic acids is 1. The van der Waals surface area contributed by atoms with Gasteiger partial charge in [0.1, 0.15) is 23.4 Å². The number of hydrogen-bond donors (Lipinski definition) is 3. The lowest BCUT2D eigenvalue weighted by Crippen LogP contribution is -2.30. The number of aromatic nitrogens is 2. The molecule has 3 aromatic rings. The van der Waals surface area contributed by atoms with Crippen molar-refractivity contribution in [3.05, 3.63) is 74.6 Å². The lowest BCUT2D eigenvalue weighted by atomic mass is 10.2. The van der Waals surface area contributed by atoms with E-state index in [0.717, 1.165) is 12.4 Å². The Bertz CT molecular complexity index is 1220. The van der Waals surface area contributed by atoms with Gasteiger partial charge < -0.3 is 14.8 Å². The Morgan fingerprint density at radius 2 is 1.70 bits per heavy atom. The molecule has 1 aromatic heterocycles. The van der Waals surface area contributed by atoms with Crippen molar-refractivity contribution in [3.63, 3.8) is 0 Å². The fraction of sp³-hybridized carbons (Fsp3) is 0.105. The van der Waals surface area contributed by atoms with E-state index in [1.165, 1.54) is 32.4 Å². The summed E-state index contributed by atoms with van der Waals surface area (Å²) in [5.41, 5.74) is 3.60. The summed E-state index contributed by atoms with van der Waals surface area (Å²) in [6, 6.07) is 10.0. The topological polar surface area (TPSA) is 184 Å². The smallest absolute Gasteiger partial charge is 0.355 e. The third kappa shape index (κ3) is 5.01. The molecule has 3 N–H and O–H groups in total. The molecule has 0 aliphatic heterocycles. The highest BCUT2D eigenvalue weighted by molar-refractivity contribution is 5.98. The summed E-state index contributed by atoms with van der Waals surface area (Å²) >= 11 is 0. The summed E-state index contributed by atoms with van der Waals surface area (Å²) in [4.78, 5) is 41.5. The Morgan fingerprint density at radius 1 is 0.970 bits per heavy atom. The number of ether oxygens (including phenoxy) is 2. The monoisotopic (exact) mass is 455 g/mol. The highest BCUT2D eigenvalue weighted by Gasteiger charge is 2.25. The zero-order valence-corrected chi connectivity index (χ0v) is 17.3. The van der Waals surface area contributed by atoms with Gasteiger partial charge in [-0.25, -0.2) is 9.97 Å². The predicted molar refractivity (Wildman–Crippen MR) is 116 cm³/mol. The van der Waals surface area contributed by atoms with Crippen molar-refractivity contribution in [2.75, 3.05) is 25.0 Å². The van der Waals surface area contributed by atoms with Crippen molar-refractivity contribution in [2.24, 2.45) is 0 Å². The Hall–Kier alpha value is -5.01. The lowest BCUT2D eigenvalue weighted by Gasteiger charge is -2.13. The maximum absolute atomic E-state index is 12.4. The van der Waals surface area contributed by atoms with E-state index < -0.39 is 27.1 Å². The van der Waals surface area contributed by atoms with Crippen LogP contribution in [-0.4, -0.2) is 39.9 Å². The van der Waals surface area contributed by atoms with Gasteiger partial charge in [-0.3, -0.25) is 35.9 Å². The van der Waals surface area contributed by atoms with Crippen LogP contribution in [0.15, 0.2) is 48.8 Å². The van der Waals surface area contributed by atoms with E-state index in [4.69, 9.17) is 9.47 Å². The molecule has 3 rings (SSSR count). The number of nitro benzene ring substituents is 1. The molecule has 0 aliphatic rings. The molecule has 0 unspecified atom stereocenters. The van der Waals surface area contributed by atoms with Crippen LogP contribution in [0.25, 0.3) is 0 Å². The molecule has 0 bridgehead atoms. The number of methoxy groups -OCH3 is 2. The predicted octanol–water partition coefficient (Wildman–Crippen LogP) is 2.81. The zero-order valence-electron chi connectivity index (χ0n) is 17.3. The highest BCUT2D eigenvalue weighted by Crippen LogP contribution is 2.35. The van der Waals surface area contributed by atoms with Gasteiger partial charge in [0.05, 0.1) is 29.8 Å². The molecule has 170 valence electrons. The van der Waals surface area contributed by atoms with E-state index in [9.17, 15) is 25.0 Å². The van der Waals surface area contributed by atoms with Crippen LogP contribution in [-0.2, 0) is 0 Å². The maximum atomic E-state index is 12.4. The SMILES string of the molecule is COc1ccc(Nc2ncnc(NNC(=O)c3ccccc3[N+](=O)[O-])c2[N+](=O)[O-])c(OC)c1. The molecule has 0 saturated carbocycles. The summed E-state index contributed by atoms with van der Waals surface area (Å²) in [5, 5.41) is 25.7. The average Bonchev–Trinajstić information content (AvgIpc) is 2.82. The van der Waals surface area contributed by atoms with Gasteiger partial charge >= 0.3 is 5.69 Å². The van der Waals surface area contributed by atoms with Gasteiger partial charge in [0.2, 0.25) is 11.6 Å². The van der Waals surface area contributed by atoms with Crippen LogP contribution in [0.5, 0.6) is 11.5 Å². The minimum absolute atomic E-state index is 0.194. The summed E-state index contributed by atoms with van der Waals surface area (Å²) in [7, 11) is 2.90. The van der Waals surface area contributed by atoms with E-state index in [2.05, 4.69) is 26.1 Å². The van der Waals surface area contributed by atoms with Gasteiger partial charge in [0.25, 0.3) is 11.6 Å². The first-order chi connectivity index (χ1) is 15.8. The Balaban J connectivity index is 1.88. The van der Waals surface area contributed by atoms with Gasteiger partial charge in [-0.1, -0.05) is 12.1 Å². The molecule has 2 aromatic carbocycles. The number of para-hydroxylation sites is 1. The van der Waals surface area contributed by atoms with Crippen LogP contribution in [0.2, 0.25) is 0 Å². The molecule has 1 amide bonds. The number of benzene rings is 2. The average molecular weight is 455 g/mol. The molecular formula is C19H17N7O7. The second kappa shape index (κ2) is 9.86. The molecule has 0 radical (unpaired) electrons. The van der Waals surface area contributed by atoms with Crippen molar-refractivity contribution in [2.45, 2.75) is 0 Å². The number of nitrogens with one attached hydrogen (secondary N) is 3. The lowest BCUT2D eigenvalue weighted by molar-refractivity contribution is -0.385. The third-order valence-electron chi connectivity index (χ3n) is 4.31. The molecule has 33 heavy (non-hydrogen) atoms. The second-order valence-corrected chi connectivity index (χ2v) is 6.22. The molecule has 0 saturated heterocycles. The van der Waals surface area contributed by atoms with Crippen molar-refractivity contribution in [1.29, 1.82) is 0 Å². The summed E-state index contributed by atoms with van der Waals surface area (Å²) in [6.45, 7) is 0. The number of nitrogens with zero attached hydrogens (tertiary/aromatic N) is 4. The molecule has 0 aliphatic carbocycles. The minimum atomic E-state index is -0.887. The fourth-order valence-electron chi connectivity index (χ4n) is 2.77. The first kappa shape index (κ1) is 22.7. The van der Waals surface area contributed by atoms with Gasteiger partial charge in [-0.15, -0.1) is 0 Å². The van der Waals surface area contributed by atoms with E-state index in [1.54, 1.807) is 18.2 Å². The van der Waals surface area contributed by atoms with E-state index in [1.807, 2.05) is 0 Å². The molecule has 0 spiro atoms. The van der Waals surface area contributed by atoms with Crippen LogP contribution in [0.3, 0.4) is 0 Å². The Morgan fingerprint density at radius 3 is 2.36 bits per heavy atom. The standard InChI is InChI=1S/C19H17N7O7/c1-32-11-7-8-13(15(9-11)33-2)22-17-16(26(30)31)18(21-10-20-17)23-24-19(27)12-5-3-4-6-14(12)25(28)29/h3-10H,1-2H3,(H,24,27)(H2,20,21,22,23). The Kier molecular flexibility index (Phi) is 6.78. The van der Waals surface area contributed by atoms with E-state index in [-0.39, 0.29) is 17.2 Å². The van der Waals surface area contributed by atoms with Crippen LogP contribution in [0, 0.1) is 20.2 Å². The quantitative estimate of drug-likeness (QED) is 0.318. The second-order valence-electron chi connectivity index (χ2n) is 6.22. The van der Waals surface area contributed by atoms with Crippen molar-refractivity contribution in [3.8, 4) is 11.5 Å². The van der Waals surface area contributed by atoms with E-state index in [0.29, 0.717) is 17.2 Å². The zero-order chi connectivity index (χ0) is 24.0. The number of hydrogen-bond acceptors (Lipinski definition) is 11. The summed E-state index contributed by atoms with van der Waals surface area (Å²) < 4.78 is 10.4. The normalized spacial score (nSPS) is 10.1. The fourth-order valence-corrected chi connectivity index (χ4v) is 2.77. The van der Waals surface area contributed by atoms with Crippen molar-refractivity contribution >= 4 is 34.6 Å². The van der Waals surface area contributed by atoms with Crippen LogP contribution in [0.1, 0.15) is 10.4 Å². The number of carbonyl (C=O) groups is 1. The molecule has 1 heterocycles. The van der Waals surface area contributed by atoms with Crippen molar-refractivity contribution in [1.82, 2.24) is 15.4 Å². The van der Waals surface area contributed by atoms with E-state index >= 15 is 0 Å². The van der Waals surface area contributed by atoms with Crippen LogP contribution < -0.4 is 25.6 Å². The summed E-state index contributed by atoms with van der Waals surface area (Å²) in [6.07, 6.45) is 1.03. The molecule has 14 nitrogen and oxygen atoms in total. The molecule has 0 fully saturated rings. The number of rotatable bonds is 9. The van der Waals surface area contributed by atoms with Crippen LogP contribution >= 0.6 is 0 Å². The number of hydrazine groups is 1. The molecule has 0 atom stereocenters. The van der Waals surface area contributed by atoms with Gasteiger partial charge in [0.15, 0.2) is 0 Å². The summed E-state index contributed by atoms with van der Waals surface area (Å²) in [5.74, 6) is -0.588. The van der Waals surface area contributed by atoms with Crippen LogP contribution in [0.4, 0.5) is 28.7 Å². The number of amides is 1. The molecular weight excluding hydrogens is 438 g/mol. The number of anilines is 3. The van der Waals surface area contributed by atoms with Gasteiger partial charge in [0, 0.05) is 12.1 Å². The first-order valence-electron chi connectivity index (χ1n) is 9.14. The van der Waals surface area contributed by atoms with Gasteiger partial charge in [-0.2, -0.15) is 0 Å². The minimum Gasteiger partial charge on any atom is -0.497 e. The maximum Gasteiger partial charge on any atom is 0.355 e. The van der Waals surface area contributed by atoms with Crippen molar-refractivity contribution < 1.29 is 24.1 Å². The van der Waals surface area contributed by atoms with Gasteiger partial charge in [-0.05, 0) is 18.2 Å². The molecule has 14 heteroatoms. The Labute approximate surface area is 185 Å². The highest BCUT2D eigenvalue weighted by atomic mass is 16.6. The third-order valence-corrected chi connectivity index (χ3v) is 4.31. The first-order valence-corrected chi connectivity index (χ1v) is 9.14. The number of nitro groups is 2. The largest absolute Gasteiger partial charge is 0.497 e.